The van der Waals surface area contributed by atoms with Crippen molar-refractivity contribution in [2.24, 2.45) is 0 Å². The third-order valence-electron chi connectivity index (χ3n) is 3.19. The van der Waals surface area contributed by atoms with Gasteiger partial charge in [-0.1, -0.05) is 0 Å². The molecule has 1 heterocycles. The zero-order valence-electron chi connectivity index (χ0n) is 10.6. The average molecular weight is 351 g/mol. The van der Waals surface area contributed by atoms with Crippen LogP contribution in [-0.4, -0.2) is 30.4 Å². The molecule has 0 aromatic heterocycles. The molecule has 0 bridgehead atoms. The van der Waals surface area contributed by atoms with Gasteiger partial charge in [-0.3, -0.25) is 4.79 Å². The normalized spacial score (nSPS) is 15.5. The SMILES string of the molecule is O=C(CNc1ccc(C(F)(F)F)cc1Br)N1CCCC1. The van der Waals surface area contributed by atoms with E-state index in [2.05, 4.69) is 21.2 Å². The number of amides is 1. The number of halogens is 4. The number of likely N-dealkylation sites (tertiary alicyclic amines) is 1. The lowest BCUT2D eigenvalue weighted by Crippen LogP contribution is -2.33. The monoisotopic (exact) mass is 350 g/mol. The molecule has 0 radical (unpaired) electrons. The van der Waals surface area contributed by atoms with Gasteiger partial charge < -0.3 is 10.2 Å². The first-order chi connectivity index (χ1) is 9.38. The summed E-state index contributed by atoms with van der Waals surface area (Å²) in [4.78, 5) is 13.6. The molecule has 110 valence electrons. The van der Waals surface area contributed by atoms with Crippen molar-refractivity contribution in [3.05, 3.63) is 28.2 Å². The standard InChI is InChI=1S/C13H14BrF3N2O/c14-10-7-9(13(15,16)17)3-4-11(10)18-8-12(20)19-5-1-2-6-19/h3-4,7,18H,1-2,5-6,8H2. The molecule has 1 aromatic rings. The lowest BCUT2D eigenvalue weighted by atomic mass is 10.2. The Balaban J connectivity index is 1.98. The van der Waals surface area contributed by atoms with Crippen LogP contribution in [0.25, 0.3) is 0 Å². The van der Waals surface area contributed by atoms with Crippen molar-refractivity contribution in [3.63, 3.8) is 0 Å². The zero-order valence-corrected chi connectivity index (χ0v) is 12.2. The first kappa shape index (κ1) is 15.2. The number of nitrogens with one attached hydrogen (secondary N) is 1. The minimum absolute atomic E-state index is 0.0331. The Hall–Kier alpha value is -1.24. The third-order valence-corrected chi connectivity index (χ3v) is 3.84. The fraction of sp³-hybridized carbons (Fsp3) is 0.462. The first-order valence-corrected chi connectivity index (χ1v) is 7.05. The molecule has 2 rings (SSSR count). The summed E-state index contributed by atoms with van der Waals surface area (Å²) in [5, 5.41) is 2.86. The highest BCUT2D eigenvalue weighted by Gasteiger charge is 2.30. The second-order valence-corrected chi connectivity index (χ2v) is 5.49. The van der Waals surface area contributed by atoms with Gasteiger partial charge in [-0.05, 0) is 47.0 Å². The number of benzene rings is 1. The fourth-order valence-electron chi connectivity index (χ4n) is 2.08. The zero-order chi connectivity index (χ0) is 14.8. The van der Waals surface area contributed by atoms with Crippen LogP contribution in [0.2, 0.25) is 0 Å². The van der Waals surface area contributed by atoms with Crippen LogP contribution in [0.1, 0.15) is 18.4 Å². The van der Waals surface area contributed by atoms with Crippen LogP contribution in [-0.2, 0) is 11.0 Å². The average Bonchev–Trinajstić information content (AvgIpc) is 2.89. The summed E-state index contributed by atoms with van der Waals surface area (Å²) in [7, 11) is 0. The molecule has 7 heteroatoms. The Labute approximate surface area is 123 Å². The van der Waals surface area contributed by atoms with Gasteiger partial charge in [0.15, 0.2) is 0 Å². The molecule has 1 amide bonds. The second-order valence-electron chi connectivity index (χ2n) is 4.63. The van der Waals surface area contributed by atoms with Crippen LogP contribution in [0, 0.1) is 0 Å². The predicted octanol–water partition coefficient (Wildman–Crippen LogP) is 3.50. The molecule has 0 atom stereocenters. The van der Waals surface area contributed by atoms with Crippen molar-refractivity contribution < 1.29 is 18.0 Å². The first-order valence-electron chi connectivity index (χ1n) is 6.26. The molecule has 0 saturated carbocycles. The number of hydrogen-bond donors (Lipinski definition) is 1. The van der Waals surface area contributed by atoms with Gasteiger partial charge in [0.25, 0.3) is 0 Å². The second kappa shape index (κ2) is 6.03. The van der Waals surface area contributed by atoms with E-state index in [9.17, 15) is 18.0 Å². The van der Waals surface area contributed by atoms with Crippen molar-refractivity contribution >= 4 is 27.5 Å². The van der Waals surface area contributed by atoms with Crippen LogP contribution in [0.15, 0.2) is 22.7 Å². The van der Waals surface area contributed by atoms with Crippen LogP contribution < -0.4 is 5.32 Å². The molecule has 0 unspecified atom stereocenters. The van der Waals surface area contributed by atoms with Crippen LogP contribution in [0.5, 0.6) is 0 Å². The van der Waals surface area contributed by atoms with Crippen LogP contribution in [0.4, 0.5) is 18.9 Å². The highest BCUT2D eigenvalue weighted by Crippen LogP contribution is 2.33. The highest BCUT2D eigenvalue weighted by molar-refractivity contribution is 9.10. The number of alkyl halides is 3. The molecule has 20 heavy (non-hydrogen) atoms. The van der Waals surface area contributed by atoms with Gasteiger partial charge in [-0.2, -0.15) is 13.2 Å². The summed E-state index contributed by atoms with van der Waals surface area (Å²) in [5.74, 6) is -0.0331. The smallest absolute Gasteiger partial charge is 0.375 e. The molecule has 1 aliphatic heterocycles. The fourth-order valence-corrected chi connectivity index (χ4v) is 2.60. The van der Waals surface area contributed by atoms with Gasteiger partial charge in [0.05, 0.1) is 12.1 Å². The molecule has 3 nitrogen and oxygen atoms in total. The molecule has 0 aliphatic carbocycles. The molecule has 1 aliphatic rings. The maximum absolute atomic E-state index is 12.5. The Morgan fingerprint density at radius 3 is 2.50 bits per heavy atom. The van der Waals surface area contributed by atoms with E-state index in [0.717, 1.165) is 38.1 Å². The number of carbonyl (C=O) groups excluding carboxylic acids is 1. The van der Waals surface area contributed by atoms with E-state index < -0.39 is 11.7 Å². The quantitative estimate of drug-likeness (QED) is 0.904. The summed E-state index contributed by atoms with van der Waals surface area (Å²) in [5.41, 5.74) is -0.244. The Bertz CT molecular complexity index is 499. The van der Waals surface area contributed by atoms with Crippen molar-refractivity contribution in [1.82, 2.24) is 4.90 Å². The number of carbonyl (C=O) groups is 1. The maximum atomic E-state index is 12.5. The minimum Gasteiger partial charge on any atom is -0.375 e. The molecule has 1 fully saturated rings. The number of anilines is 1. The summed E-state index contributed by atoms with van der Waals surface area (Å²) >= 11 is 3.09. The Morgan fingerprint density at radius 2 is 1.95 bits per heavy atom. The summed E-state index contributed by atoms with van der Waals surface area (Å²) in [6.07, 6.45) is -2.35. The van der Waals surface area contributed by atoms with E-state index in [1.807, 2.05) is 0 Å². The lowest BCUT2D eigenvalue weighted by Gasteiger charge is -2.17. The summed E-state index contributed by atoms with van der Waals surface area (Å²) < 4.78 is 37.8. The van der Waals surface area contributed by atoms with E-state index in [0.29, 0.717) is 10.2 Å². The molecule has 0 spiro atoms. The highest BCUT2D eigenvalue weighted by atomic mass is 79.9. The van der Waals surface area contributed by atoms with Gasteiger partial charge in [0.1, 0.15) is 0 Å². The van der Waals surface area contributed by atoms with Gasteiger partial charge in [0.2, 0.25) is 5.91 Å². The molecule has 1 saturated heterocycles. The van der Waals surface area contributed by atoms with E-state index >= 15 is 0 Å². The van der Waals surface area contributed by atoms with Crippen LogP contribution in [0.3, 0.4) is 0 Å². The number of hydrogen-bond acceptors (Lipinski definition) is 2. The largest absolute Gasteiger partial charge is 0.416 e. The van der Waals surface area contributed by atoms with Crippen molar-refractivity contribution in [1.29, 1.82) is 0 Å². The van der Waals surface area contributed by atoms with Crippen molar-refractivity contribution in [3.8, 4) is 0 Å². The van der Waals surface area contributed by atoms with Gasteiger partial charge >= 0.3 is 6.18 Å². The minimum atomic E-state index is -4.37. The van der Waals surface area contributed by atoms with Gasteiger partial charge in [-0.25, -0.2) is 0 Å². The summed E-state index contributed by atoms with van der Waals surface area (Å²) in [6, 6.07) is 3.32. The Kier molecular flexibility index (Phi) is 4.57. The maximum Gasteiger partial charge on any atom is 0.416 e. The molecule has 1 N–H and O–H groups in total. The summed E-state index contributed by atoms with van der Waals surface area (Å²) in [6.45, 7) is 1.60. The van der Waals surface area contributed by atoms with Gasteiger partial charge in [0, 0.05) is 23.2 Å². The topological polar surface area (TPSA) is 32.3 Å². The van der Waals surface area contributed by atoms with Gasteiger partial charge in [-0.15, -0.1) is 0 Å². The van der Waals surface area contributed by atoms with E-state index in [4.69, 9.17) is 0 Å². The van der Waals surface area contributed by atoms with Crippen LogP contribution >= 0.6 is 15.9 Å². The third kappa shape index (κ3) is 3.65. The molecular formula is C13H14BrF3N2O. The van der Waals surface area contributed by atoms with E-state index in [-0.39, 0.29) is 12.5 Å². The molecular weight excluding hydrogens is 337 g/mol. The van der Waals surface area contributed by atoms with E-state index in [1.165, 1.54) is 6.07 Å². The molecule has 1 aromatic carbocycles. The van der Waals surface area contributed by atoms with Crippen molar-refractivity contribution in [2.75, 3.05) is 25.0 Å². The predicted molar refractivity (Wildman–Crippen MR) is 73.4 cm³/mol. The lowest BCUT2D eigenvalue weighted by molar-refractivity contribution is -0.137. The number of rotatable bonds is 3. The van der Waals surface area contributed by atoms with Crippen molar-refractivity contribution in [2.45, 2.75) is 19.0 Å². The Morgan fingerprint density at radius 1 is 1.30 bits per heavy atom. The van der Waals surface area contributed by atoms with E-state index in [1.54, 1.807) is 4.90 Å². The number of nitrogens with zero attached hydrogens (tertiary/aromatic N) is 1.